The van der Waals surface area contributed by atoms with E-state index < -0.39 is 0 Å². The normalized spacial score (nSPS) is 17.4. The number of urea groups is 1. The number of aromatic nitrogens is 3. The number of benzene rings is 1. The molecule has 0 spiro atoms. The van der Waals surface area contributed by atoms with Crippen molar-refractivity contribution in [3.63, 3.8) is 0 Å². The summed E-state index contributed by atoms with van der Waals surface area (Å²) in [5.74, 6) is 0.877. The van der Waals surface area contributed by atoms with Crippen LogP contribution in [0.2, 0.25) is 0 Å². The van der Waals surface area contributed by atoms with Gasteiger partial charge in [0.05, 0.1) is 28.6 Å². The van der Waals surface area contributed by atoms with Gasteiger partial charge >= 0.3 is 6.03 Å². The lowest BCUT2D eigenvalue weighted by Gasteiger charge is -2.23. The Labute approximate surface area is 150 Å². The number of imidazole rings is 1. The van der Waals surface area contributed by atoms with Crippen molar-refractivity contribution < 1.29 is 4.79 Å². The number of nitrogens with one attached hydrogen (secondary N) is 2. The summed E-state index contributed by atoms with van der Waals surface area (Å²) in [6.45, 7) is 5.31. The number of likely N-dealkylation sites (tertiary alicyclic amines) is 1. The zero-order chi connectivity index (χ0) is 17.4. The lowest BCUT2D eigenvalue weighted by Crippen LogP contribution is -2.39. The SMILES string of the molecule is Cc1ccc2nc(C3CCCN3C(=O)NCc3cnc(C)s3)[nH]c2c1. The number of nitrogens with zero attached hydrogens (tertiary/aromatic N) is 3. The predicted octanol–water partition coefficient (Wildman–Crippen LogP) is 3.68. The first kappa shape index (κ1) is 16.1. The summed E-state index contributed by atoms with van der Waals surface area (Å²) in [5.41, 5.74) is 3.18. The standard InChI is InChI=1S/C18H21N5OS/c1-11-5-6-14-15(8-11)22-17(21-14)16-4-3-7-23(16)18(24)20-10-13-9-19-12(2)25-13/h5-6,8-9,16H,3-4,7,10H2,1-2H3,(H,20,24)(H,21,22). The second-order valence-electron chi connectivity index (χ2n) is 6.50. The topological polar surface area (TPSA) is 73.9 Å². The minimum Gasteiger partial charge on any atom is -0.340 e. The molecule has 2 aromatic heterocycles. The van der Waals surface area contributed by atoms with Crippen molar-refractivity contribution in [2.75, 3.05) is 6.54 Å². The fraction of sp³-hybridized carbons (Fsp3) is 0.389. The Morgan fingerprint density at radius 3 is 3.12 bits per heavy atom. The number of rotatable bonds is 3. The first-order valence-electron chi connectivity index (χ1n) is 8.52. The second kappa shape index (κ2) is 6.48. The quantitative estimate of drug-likeness (QED) is 0.752. The molecule has 0 saturated carbocycles. The van der Waals surface area contributed by atoms with E-state index in [2.05, 4.69) is 34.3 Å². The largest absolute Gasteiger partial charge is 0.340 e. The van der Waals surface area contributed by atoms with Crippen LogP contribution in [0.4, 0.5) is 4.79 Å². The summed E-state index contributed by atoms with van der Waals surface area (Å²) in [7, 11) is 0. The van der Waals surface area contributed by atoms with E-state index in [0.29, 0.717) is 6.54 Å². The highest BCUT2D eigenvalue weighted by Gasteiger charge is 2.32. The van der Waals surface area contributed by atoms with E-state index in [0.717, 1.165) is 46.1 Å². The van der Waals surface area contributed by atoms with Crippen molar-refractivity contribution in [1.82, 2.24) is 25.2 Å². The van der Waals surface area contributed by atoms with E-state index in [1.54, 1.807) is 11.3 Å². The fourth-order valence-corrected chi connectivity index (χ4v) is 4.08. The summed E-state index contributed by atoms with van der Waals surface area (Å²) in [6.07, 6.45) is 3.75. The van der Waals surface area contributed by atoms with Crippen LogP contribution >= 0.6 is 11.3 Å². The molecular formula is C18H21N5OS. The van der Waals surface area contributed by atoms with Gasteiger partial charge in [0.15, 0.2) is 0 Å². The number of H-pyrrole nitrogens is 1. The van der Waals surface area contributed by atoms with Crippen LogP contribution in [0.1, 0.15) is 40.2 Å². The van der Waals surface area contributed by atoms with Crippen molar-refractivity contribution in [2.24, 2.45) is 0 Å². The molecule has 25 heavy (non-hydrogen) atoms. The third kappa shape index (κ3) is 3.24. The van der Waals surface area contributed by atoms with Crippen molar-refractivity contribution in [3.05, 3.63) is 45.7 Å². The molecule has 130 valence electrons. The molecule has 1 atom stereocenters. The lowest BCUT2D eigenvalue weighted by molar-refractivity contribution is 0.191. The van der Waals surface area contributed by atoms with Crippen LogP contribution in [-0.2, 0) is 6.54 Å². The van der Waals surface area contributed by atoms with Crippen LogP contribution in [0.15, 0.2) is 24.4 Å². The van der Waals surface area contributed by atoms with Gasteiger partial charge in [-0.25, -0.2) is 14.8 Å². The third-order valence-electron chi connectivity index (χ3n) is 4.57. The van der Waals surface area contributed by atoms with E-state index >= 15 is 0 Å². The fourth-order valence-electron chi connectivity index (χ4n) is 3.35. The Morgan fingerprint density at radius 2 is 2.32 bits per heavy atom. The molecule has 1 aromatic carbocycles. The van der Waals surface area contributed by atoms with Gasteiger partial charge in [-0.3, -0.25) is 0 Å². The summed E-state index contributed by atoms with van der Waals surface area (Å²) < 4.78 is 0. The van der Waals surface area contributed by atoms with Gasteiger partial charge in [-0.2, -0.15) is 0 Å². The van der Waals surface area contributed by atoms with E-state index in [4.69, 9.17) is 4.98 Å². The maximum Gasteiger partial charge on any atom is 0.318 e. The molecule has 1 fully saturated rings. The highest BCUT2D eigenvalue weighted by atomic mass is 32.1. The van der Waals surface area contributed by atoms with Crippen molar-refractivity contribution in [3.8, 4) is 0 Å². The predicted molar refractivity (Wildman–Crippen MR) is 98.6 cm³/mol. The molecule has 1 saturated heterocycles. The molecule has 0 radical (unpaired) electrons. The smallest absolute Gasteiger partial charge is 0.318 e. The van der Waals surface area contributed by atoms with Gasteiger partial charge in [0, 0.05) is 17.6 Å². The highest BCUT2D eigenvalue weighted by molar-refractivity contribution is 7.11. The average molecular weight is 355 g/mol. The average Bonchev–Trinajstić information content (AvgIpc) is 3.30. The Bertz CT molecular complexity index is 915. The molecule has 2 N–H and O–H groups in total. The van der Waals surface area contributed by atoms with E-state index in [1.165, 1.54) is 5.56 Å². The first-order chi connectivity index (χ1) is 12.1. The van der Waals surface area contributed by atoms with Gasteiger partial charge in [0.25, 0.3) is 0 Å². The van der Waals surface area contributed by atoms with Crippen LogP contribution in [0.5, 0.6) is 0 Å². The van der Waals surface area contributed by atoms with Gasteiger partial charge in [-0.15, -0.1) is 11.3 Å². The second-order valence-corrected chi connectivity index (χ2v) is 7.82. The Balaban J connectivity index is 1.49. The molecule has 3 heterocycles. The third-order valence-corrected chi connectivity index (χ3v) is 5.48. The molecule has 0 bridgehead atoms. The van der Waals surface area contributed by atoms with E-state index in [1.807, 2.05) is 24.1 Å². The summed E-state index contributed by atoms with van der Waals surface area (Å²) in [6, 6.07) is 6.15. The number of fused-ring (bicyclic) bond motifs is 1. The lowest BCUT2D eigenvalue weighted by atomic mass is 10.2. The summed E-state index contributed by atoms with van der Waals surface area (Å²) >= 11 is 1.61. The van der Waals surface area contributed by atoms with Crippen molar-refractivity contribution in [1.29, 1.82) is 0 Å². The minimum atomic E-state index is -0.0369. The number of hydrogen-bond donors (Lipinski definition) is 2. The number of aromatic amines is 1. The molecule has 6 nitrogen and oxygen atoms in total. The monoisotopic (exact) mass is 355 g/mol. The van der Waals surface area contributed by atoms with Gasteiger partial charge in [-0.1, -0.05) is 6.07 Å². The van der Waals surface area contributed by atoms with Gasteiger partial charge in [-0.05, 0) is 44.4 Å². The zero-order valence-corrected chi connectivity index (χ0v) is 15.2. The van der Waals surface area contributed by atoms with Gasteiger partial charge < -0.3 is 15.2 Å². The maximum atomic E-state index is 12.6. The van der Waals surface area contributed by atoms with Crippen molar-refractivity contribution >= 4 is 28.4 Å². The summed E-state index contributed by atoms with van der Waals surface area (Å²) in [5, 5.41) is 4.03. The number of amides is 2. The Kier molecular flexibility index (Phi) is 4.17. The van der Waals surface area contributed by atoms with Gasteiger partial charge in [0.2, 0.25) is 0 Å². The van der Waals surface area contributed by atoms with Crippen LogP contribution in [0.3, 0.4) is 0 Å². The zero-order valence-electron chi connectivity index (χ0n) is 14.4. The first-order valence-corrected chi connectivity index (χ1v) is 9.34. The Morgan fingerprint density at radius 1 is 1.44 bits per heavy atom. The number of aryl methyl sites for hydroxylation is 2. The number of carbonyl (C=O) groups excluding carboxylic acids is 1. The highest BCUT2D eigenvalue weighted by Crippen LogP contribution is 2.31. The number of hydrogen-bond acceptors (Lipinski definition) is 4. The number of thiazole rings is 1. The van der Waals surface area contributed by atoms with Crippen LogP contribution in [-0.4, -0.2) is 32.4 Å². The molecule has 1 unspecified atom stereocenters. The molecule has 0 aliphatic carbocycles. The van der Waals surface area contributed by atoms with Crippen LogP contribution < -0.4 is 5.32 Å². The molecular weight excluding hydrogens is 334 g/mol. The van der Waals surface area contributed by atoms with E-state index in [-0.39, 0.29) is 12.1 Å². The molecule has 4 rings (SSSR count). The molecule has 7 heteroatoms. The molecule has 2 amide bonds. The molecule has 1 aliphatic rings. The Hall–Kier alpha value is -2.41. The number of carbonyl (C=O) groups is 1. The minimum absolute atomic E-state index is 0.0101. The van der Waals surface area contributed by atoms with Crippen LogP contribution in [0, 0.1) is 13.8 Å². The van der Waals surface area contributed by atoms with Crippen LogP contribution in [0.25, 0.3) is 11.0 Å². The van der Waals surface area contributed by atoms with Gasteiger partial charge in [0.1, 0.15) is 5.82 Å². The maximum absolute atomic E-state index is 12.6. The van der Waals surface area contributed by atoms with E-state index in [9.17, 15) is 4.79 Å². The summed E-state index contributed by atoms with van der Waals surface area (Å²) in [4.78, 5) is 27.9. The van der Waals surface area contributed by atoms with Crippen molar-refractivity contribution in [2.45, 2.75) is 39.3 Å². The molecule has 3 aromatic rings. The molecule has 1 aliphatic heterocycles.